The molecule has 1 aliphatic rings. The van der Waals surface area contributed by atoms with E-state index in [0.717, 1.165) is 12.8 Å². The minimum Gasteiger partial charge on any atom is -0.351 e. The first-order chi connectivity index (χ1) is 6.07. The van der Waals surface area contributed by atoms with Crippen LogP contribution in [0.2, 0.25) is 0 Å². The molecule has 0 atom stereocenters. The first-order valence-electron chi connectivity index (χ1n) is 5.35. The second kappa shape index (κ2) is 4.12. The Balaban J connectivity index is 2.67. The molecule has 0 aromatic rings. The van der Waals surface area contributed by atoms with E-state index in [1.807, 2.05) is 0 Å². The van der Waals surface area contributed by atoms with E-state index in [1.54, 1.807) is 6.92 Å². The largest absolute Gasteiger partial charge is 0.351 e. The van der Waals surface area contributed by atoms with E-state index in [4.69, 9.17) is 0 Å². The van der Waals surface area contributed by atoms with Crippen LogP contribution in [0.25, 0.3) is 0 Å². The fourth-order valence-electron chi connectivity index (χ4n) is 2.38. The summed E-state index contributed by atoms with van der Waals surface area (Å²) in [6, 6.07) is 0. The number of hydrogen-bond acceptors (Lipinski definition) is 1. The van der Waals surface area contributed by atoms with Crippen molar-refractivity contribution >= 4 is 5.91 Å². The first-order valence-corrected chi connectivity index (χ1v) is 5.35. The smallest absolute Gasteiger partial charge is 0.217 e. The summed E-state index contributed by atoms with van der Waals surface area (Å²) < 4.78 is 0. The predicted octanol–water partition coefficient (Wildman–Crippen LogP) is 2.48. The summed E-state index contributed by atoms with van der Waals surface area (Å²) in [5, 5.41) is 3.16. The van der Waals surface area contributed by atoms with Gasteiger partial charge in [-0.05, 0) is 18.8 Å². The van der Waals surface area contributed by atoms with Gasteiger partial charge in [-0.15, -0.1) is 0 Å². The van der Waals surface area contributed by atoms with Gasteiger partial charge in [0.25, 0.3) is 0 Å². The van der Waals surface area contributed by atoms with Crippen molar-refractivity contribution in [1.82, 2.24) is 5.32 Å². The van der Waals surface area contributed by atoms with Crippen LogP contribution in [0.4, 0.5) is 0 Å². The van der Waals surface area contributed by atoms with Crippen molar-refractivity contribution in [2.45, 2.75) is 58.4 Å². The molecular weight excluding hydrogens is 162 g/mol. The second-order valence-electron chi connectivity index (χ2n) is 4.55. The Bertz CT molecular complexity index is 181. The Labute approximate surface area is 81.1 Å². The summed E-state index contributed by atoms with van der Waals surface area (Å²) in [7, 11) is 0. The Morgan fingerprint density at radius 2 is 1.77 bits per heavy atom. The molecule has 2 nitrogen and oxygen atoms in total. The molecule has 0 radical (unpaired) electrons. The van der Waals surface area contributed by atoms with E-state index < -0.39 is 0 Å². The summed E-state index contributed by atoms with van der Waals surface area (Å²) in [6.07, 6.45) is 6.17. The molecule has 0 unspecified atom stereocenters. The van der Waals surface area contributed by atoms with Crippen LogP contribution < -0.4 is 5.32 Å². The highest BCUT2D eigenvalue weighted by Gasteiger charge is 2.35. The van der Waals surface area contributed by atoms with Gasteiger partial charge in [0.2, 0.25) is 5.91 Å². The summed E-state index contributed by atoms with van der Waals surface area (Å²) in [4.78, 5) is 11.1. The van der Waals surface area contributed by atoms with E-state index in [0.29, 0.717) is 5.92 Å². The van der Waals surface area contributed by atoms with Gasteiger partial charge in [-0.25, -0.2) is 0 Å². The van der Waals surface area contributed by atoms with Crippen molar-refractivity contribution in [3.05, 3.63) is 0 Å². The van der Waals surface area contributed by atoms with Crippen molar-refractivity contribution in [3.8, 4) is 0 Å². The fraction of sp³-hybridized carbons (Fsp3) is 0.909. The van der Waals surface area contributed by atoms with Crippen LogP contribution >= 0.6 is 0 Å². The molecule has 0 aromatic heterocycles. The predicted molar refractivity (Wildman–Crippen MR) is 54.5 cm³/mol. The quantitative estimate of drug-likeness (QED) is 0.700. The molecule has 1 rings (SSSR count). The minimum atomic E-state index is 0.101. The number of rotatable bonds is 2. The Kier molecular flexibility index (Phi) is 3.34. The maximum Gasteiger partial charge on any atom is 0.217 e. The monoisotopic (exact) mass is 183 g/mol. The van der Waals surface area contributed by atoms with Crippen LogP contribution in [0.5, 0.6) is 0 Å². The lowest BCUT2D eigenvalue weighted by Gasteiger charge is -2.41. The van der Waals surface area contributed by atoms with Crippen LogP contribution in [0.3, 0.4) is 0 Å². The second-order valence-corrected chi connectivity index (χ2v) is 4.55. The van der Waals surface area contributed by atoms with Crippen LogP contribution in [0, 0.1) is 5.92 Å². The molecule has 76 valence electrons. The molecule has 2 heteroatoms. The summed E-state index contributed by atoms with van der Waals surface area (Å²) in [5.41, 5.74) is 0.101. The van der Waals surface area contributed by atoms with Gasteiger partial charge in [0, 0.05) is 12.5 Å². The van der Waals surface area contributed by atoms with Gasteiger partial charge >= 0.3 is 0 Å². The van der Waals surface area contributed by atoms with Crippen LogP contribution in [-0.4, -0.2) is 11.4 Å². The van der Waals surface area contributed by atoms with E-state index in [2.05, 4.69) is 19.2 Å². The topological polar surface area (TPSA) is 29.1 Å². The molecule has 0 aliphatic heterocycles. The van der Waals surface area contributed by atoms with Gasteiger partial charge in [0.15, 0.2) is 0 Å². The lowest BCUT2D eigenvalue weighted by Crippen LogP contribution is -2.52. The van der Waals surface area contributed by atoms with Crippen molar-refractivity contribution in [2.24, 2.45) is 5.92 Å². The standard InChI is InChI=1S/C11H21NO/c1-9(2)11(12-10(3)13)7-5-4-6-8-11/h9H,4-8H2,1-3H3,(H,12,13). The van der Waals surface area contributed by atoms with Crippen LogP contribution in [0.1, 0.15) is 52.9 Å². The third kappa shape index (κ3) is 2.45. The molecule has 0 spiro atoms. The maximum atomic E-state index is 11.1. The Morgan fingerprint density at radius 3 is 2.15 bits per heavy atom. The minimum absolute atomic E-state index is 0.101. The first kappa shape index (κ1) is 10.6. The molecule has 13 heavy (non-hydrogen) atoms. The lowest BCUT2D eigenvalue weighted by atomic mass is 9.74. The van der Waals surface area contributed by atoms with Gasteiger partial charge < -0.3 is 5.32 Å². The van der Waals surface area contributed by atoms with Crippen molar-refractivity contribution in [2.75, 3.05) is 0 Å². The summed E-state index contributed by atoms with van der Waals surface area (Å²) in [5.74, 6) is 0.673. The number of carbonyl (C=O) groups is 1. The fourth-order valence-corrected chi connectivity index (χ4v) is 2.38. The van der Waals surface area contributed by atoms with E-state index in [-0.39, 0.29) is 11.4 Å². The van der Waals surface area contributed by atoms with E-state index in [9.17, 15) is 4.79 Å². The molecule has 1 amide bonds. The lowest BCUT2D eigenvalue weighted by molar-refractivity contribution is -0.122. The molecule has 0 bridgehead atoms. The third-order valence-corrected chi connectivity index (χ3v) is 3.28. The molecule has 1 fully saturated rings. The normalized spacial score (nSPS) is 21.5. The van der Waals surface area contributed by atoms with Crippen molar-refractivity contribution in [3.63, 3.8) is 0 Å². The number of hydrogen-bond donors (Lipinski definition) is 1. The molecule has 0 saturated heterocycles. The number of carbonyl (C=O) groups excluding carboxylic acids is 1. The summed E-state index contributed by atoms with van der Waals surface area (Å²) >= 11 is 0. The molecule has 1 N–H and O–H groups in total. The highest BCUT2D eigenvalue weighted by molar-refractivity contribution is 5.73. The Hall–Kier alpha value is -0.530. The third-order valence-electron chi connectivity index (χ3n) is 3.28. The van der Waals surface area contributed by atoms with E-state index >= 15 is 0 Å². The number of amides is 1. The average Bonchev–Trinajstić information content (AvgIpc) is 2.04. The van der Waals surface area contributed by atoms with Crippen LogP contribution in [-0.2, 0) is 4.79 Å². The van der Waals surface area contributed by atoms with Gasteiger partial charge in [0.05, 0.1) is 0 Å². The maximum absolute atomic E-state index is 11.1. The zero-order valence-electron chi connectivity index (χ0n) is 9.02. The van der Waals surface area contributed by atoms with Gasteiger partial charge in [-0.1, -0.05) is 33.1 Å². The zero-order chi connectivity index (χ0) is 9.90. The van der Waals surface area contributed by atoms with E-state index in [1.165, 1.54) is 19.3 Å². The van der Waals surface area contributed by atoms with Gasteiger partial charge in [-0.2, -0.15) is 0 Å². The van der Waals surface area contributed by atoms with Crippen LogP contribution in [0.15, 0.2) is 0 Å². The van der Waals surface area contributed by atoms with Gasteiger partial charge in [0.1, 0.15) is 0 Å². The SMILES string of the molecule is CC(=O)NC1(C(C)C)CCCCC1. The average molecular weight is 183 g/mol. The van der Waals surface area contributed by atoms with Gasteiger partial charge in [-0.3, -0.25) is 4.79 Å². The molecule has 1 saturated carbocycles. The highest BCUT2D eigenvalue weighted by atomic mass is 16.1. The van der Waals surface area contributed by atoms with Crippen molar-refractivity contribution < 1.29 is 4.79 Å². The molecule has 0 heterocycles. The molecule has 1 aliphatic carbocycles. The summed E-state index contributed by atoms with van der Waals surface area (Å²) in [6.45, 7) is 6.04. The van der Waals surface area contributed by atoms with Crippen molar-refractivity contribution in [1.29, 1.82) is 0 Å². The number of nitrogens with one attached hydrogen (secondary N) is 1. The Morgan fingerprint density at radius 1 is 1.23 bits per heavy atom. The highest BCUT2D eigenvalue weighted by Crippen LogP contribution is 2.34. The zero-order valence-corrected chi connectivity index (χ0v) is 9.02. The molecular formula is C11H21NO. The molecule has 0 aromatic carbocycles.